The van der Waals surface area contributed by atoms with Gasteiger partial charge in [-0.15, -0.1) is 19.8 Å². The second-order valence-corrected chi connectivity index (χ2v) is 4.86. The van der Waals surface area contributed by atoms with E-state index in [4.69, 9.17) is 0 Å². The molecule has 0 unspecified atom stereocenters. The SMILES string of the molecule is C=CCCC(C#N)(C#N)CC=Cc1ccc(OC(F)(F)F)cc1. The predicted molar refractivity (Wildman–Crippen MR) is 79.9 cm³/mol. The molecule has 1 rings (SSSR count). The number of alkyl halides is 3. The summed E-state index contributed by atoms with van der Waals surface area (Å²) in [4.78, 5) is 0. The molecule has 0 aliphatic carbocycles. The first-order valence-corrected chi connectivity index (χ1v) is 6.80. The molecule has 0 saturated heterocycles. The van der Waals surface area contributed by atoms with E-state index in [9.17, 15) is 23.7 Å². The number of benzene rings is 1. The lowest BCUT2D eigenvalue weighted by Gasteiger charge is -2.14. The summed E-state index contributed by atoms with van der Waals surface area (Å²) in [5, 5.41) is 18.4. The molecule has 23 heavy (non-hydrogen) atoms. The zero-order valence-corrected chi connectivity index (χ0v) is 12.3. The van der Waals surface area contributed by atoms with E-state index in [2.05, 4.69) is 11.3 Å². The molecule has 0 spiro atoms. The van der Waals surface area contributed by atoms with Crippen LogP contribution < -0.4 is 4.74 Å². The first-order chi connectivity index (χ1) is 10.8. The van der Waals surface area contributed by atoms with Crippen LogP contribution in [0.2, 0.25) is 0 Å². The molecule has 0 radical (unpaired) electrons. The number of hydrogen-bond donors (Lipinski definition) is 0. The molecule has 1 aromatic rings. The van der Waals surface area contributed by atoms with Crippen molar-refractivity contribution in [3.63, 3.8) is 0 Å². The summed E-state index contributed by atoms with van der Waals surface area (Å²) in [6.45, 7) is 3.56. The number of halogens is 3. The van der Waals surface area contributed by atoms with Gasteiger partial charge in [-0.2, -0.15) is 10.5 Å². The summed E-state index contributed by atoms with van der Waals surface area (Å²) in [6, 6.07) is 9.35. The Morgan fingerprint density at radius 1 is 1.13 bits per heavy atom. The summed E-state index contributed by atoms with van der Waals surface area (Å²) >= 11 is 0. The Balaban J connectivity index is 2.72. The van der Waals surface area contributed by atoms with Gasteiger partial charge in [-0.1, -0.05) is 30.4 Å². The minimum atomic E-state index is -4.72. The molecule has 0 aromatic heterocycles. The highest BCUT2D eigenvalue weighted by Gasteiger charge is 2.31. The molecule has 0 amide bonds. The zero-order valence-electron chi connectivity index (χ0n) is 12.3. The van der Waals surface area contributed by atoms with Crippen LogP contribution in [0.1, 0.15) is 24.8 Å². The third-order valence-electron chi connectivity index (χ3n) is 3.09. The number of ether oxygens (including phenoxy) is 1. The summed E-state index contributed by atoms with van der Waals surface area (Å²) in [5.74, 6) is -0.302. The zero-order chi connectivity index (χ0) is 17.3. The molecule has 6 heteroatoms. The summed E-state index contributed by atoms with van der Waals surface area (Å²) in [5.41, 5.74) is -0.475. The molecule has 0 bridgehead atoms. The van der Waals surface area contributed by atoms with E-state index in [1.165, 1.54) is 24.3 Å². The highest BCUT2D eigenvalue weighted by Crippen LogP contribution is 2.28. The first kappa shape index (κ1) is 18.3. The molecule has 0 aliphatic rings. The summed E-state index contributed by atoms with van der Waals surface area (Å²) in [6.07, 6.45) is 1.40. The Hall–Kier alpha value is -2.73. The molecule has 3 nitrogen and oxygen atoms in total. The monoisotopic (exact) mass is 320 g/mol. The van der Waals surface area contributed by atoms with Crippen LogP contribution in [-0.2, 0) is 0 Å². The van der Waals surface area contributed by atoms with Crippen LogP contribution in [-0.4, -0.2) is 6.36 Å². The van der Waals surface area contributed by atoms with Crippen molar-refractivity contribution in [3.8, 4) is 17.9 Å². The third-order valence-corrected chi connectivity index (χ3v) is 3.09. The van der Waals surface area contributed by atoms with Crippen LogP contribution >= 0.6 is 0 Å². The van der Waals surface area contributed by atoms with E-state index in [1.807, 2.05) is 12.1 Å². The van der Waals surface area contributed by atoms with E-state index in [0.29, 0.717) is 18.4 Å². The third kappa shape index (κ3) is 6.27. The Bertz CT molecular complexity index is 620. The van der Waals surface area contributed by atoms with Crippen LogP contribution in [0.5, 0.6) is 5.75 Å². The minimum Gasteiger partial charge on any atom is -0.406 e. The van der Waals surface area contributed by atoms with Gasteiger partial charge in [-0.3, -0.25) is 0 Å². The van der Waals surface area contributed by atoms with E-state index < -0.39 is 11.8 Å². The van der Waals surface area contributed by atoms with Gasteiger partial charge in [0.1, 0.15) is 11.2 Å². The van der Waals surface area contributed by atoms with Crippen LogP contribution in [0, 0.1) is 28.1 Å². The lowest BCUT2D eigenvalue weighted by Crippen LogP contribution is -2.16. The molecule has 0 atom stereocenters. The number of nitrogens with zero attached hydrogens (tertiary/aromatic N) is 2. The smallest absolute Gasteiger partial charge is 0.406 e. The molecule has 0 aliphatic heterocycles. The van der Waals surface area contributed by atoms with Crippen molar-refractivity contribution in [2.45, 2.75) is 25.6 Å². The molecule has 0 heterocycles. The Morgan fingerprint density at radius 2 is 1.74 bits per heavy atom. The van der Waals surface area contributed by atoms with Crippen LogP contribution in [0.3, 0.4) is 0 Å². The number of allylic oxidation sites excluding steroid dienone is 2. The highest BCUT2D eigenvalue weighted by molar-refractivity contribution is 5.51. The lowest BCUT2D eigenvalue weighted by atomic mass is 9.83. The highest BCUT2D eigenvalue weighted by atomic mass is 19.4. The molecule has 0 saturated carbocycles. The Morgan fingerprint density at radius 3 is 2.22 bits per heavy atom. The fourth-order valence-electron chi connectivity index (χ4n) is 1.86. The Labute approximate surface area is 132 Å². The van der Waals surface area contributed by atoms with Gasteiger partial charge >= 0.3 is 6.36 Å². The summed E-state index contributed by atoms with van der Waals surface area (Å²) < 4.78 is 39.9. The van der Waals surface area contributed by atoms with E-state index in [-0.39, 0.29) is 12.2 Å². The van der Waals surface area contributed by atoms with Gasteiger partial charge in [0, 0.05) is 0 Å². The Kier molecular flexibility index (Phi) is 6.41. The van der Waals surface area contributed by atoms with Gasteiger partial charge in [0.2, 0.25) is 0 Å². The van der Waals surface area contributed by atoms with Gasteiger partial charge in [-0.05, 0) is 37.0 Å². The number of nitriles is 2. The van der Waals surface area contributed by atoms with Crippen molar-refractivity contribution in [2.75, 3.05) is 0 Å². The fourth-order valence-corrected chi connectivity index (χ4v) is 1.86. The molecular weight excluding hydrogens is 305 g/mol. The van der Waals surface area contributed by atoms with Crippen LogP contribution in [0.15, 0.2) is 43.0 Å². The van der Waals surface area contributed by atoms with Crippen molar-refractivity contribution in [3.05, 3.63) is 48.6 Å². The topological polar surface area (TPSA) is 56.8 Å². The van der Waals surface area contributed by atoms with Gasteiger partial charge in [0.05, 0.1) is 12.1 Å². The quantitative estimate of drug-likeness (QED) is 0.665. The molecule has 0 N–H and O–H groups in total. The molecular formula is C17H15F3N2O. The van der Waals surface area contributed by atoms with Crippen molar-refractivity contribution >= 4 is 6.08 Å². The number of rotatable bonds is 7. The van der Waals surface area contributed by atoms with Crippen molar-refractivity contribution in [1.82, 2.24) is 0 Å². The summed E-state index contributed by atoms with van der Waals surface area (Å²) in [7, 11) is 0. The van der Waals surface area contributed by atoms with Crippen LogP contribution in [0.4, 0.5) is 13.2 Å². The first-order valence-electron chi connectivity index (χ1n) is 6.80. The van der Waals surface area contributed by atoms with E-state index in [0.717, 1.165) is 0 Å². The average Bonchev–Trinajstić information content (AvgIpc) is 2.51. The maximum atomic E-state index is 12.1. The fraction of sp³-hybridized carbons (Fsp3) is 0.294. The predicted octanol–water partition coefficient (Wildman–Crippen LogP) is 4.99. The normalized spacial score (nSPS) is 11.7. The number of hydrogen-bond acceptors (Lipinski definition) is 3. The van der Waals surface area contributed by atoms with Crippen molar-refractivity contribution in [2.24, 2.45) is 5.41 Å². The van der Waals surface area contributed by atoms with Crippen LogP contribution in [0.25, 0.3) is 6.08 Å². The maximum Gasteiger partial charge on any atom is 0.573 e. The van der Waals surface area contributed by atoms with Crippen molar-refractivity contribution in [1.29, 1.82) is 10.5 Å². The average molecular weight is 320 g/mol. The van der Waals surface area contributed by atoms with Gasteiger partial charge in [0.15, 0.2) is 0 Å². The van der Waals surface area contributed by atoms with E-state index in [1.54, 1.807) is 18.2 Å². The van der Waals surface area contributed by atoms with Gasteiger partial charge in [-0.25, -0.2) is 0 Å². The second kappa shape index (κ2) is 8.05. The van der Waals surface area contributed by atoms with Gasteiger partial charge < -0.3 is 4.74 Å². The lowest BCUT2D eigenvalue weighted by molar-refractivity contribution is -0.274. The second-order valence-electron chi connectivity index (χ2n) is 4.86. The van der Waals surface area contributed by atoms with Crippen molar-refractivity contribution < 1.29 is 17.9 Å². The maximum absolute atomic E-state index is 12.1. The molecule has 0 fully saturated rings. The standard InChI is InChI=1S/C17H15F3N2O/c1-2-3-10-16(12-21,13-22)11-4-5-14-6-8-15(9-7-14)23-17(18,19)20/h2,4-9H,1,3,10-11H2. The minimum absolute atomic E-state index is 0.231. The molecule has 120 valence electrons. The largest absolute Gasteiger partial charge is 0.573 e. The molecule has 1 aromatic carbocycles. The van der Waals surface area contributed by atoms with Gasteiger partial charge in [0.25, 0.3) is 0 Å². The van der Waals surface area contributed by atoms with E-state index >= 15 is 0 Å².